The number of aromatic nitrogens is 5. The second kappa shape index (κ2) is 11.5. The first-order chi connectivity index (χ1) is 20.0. The van der Waals surface area contributed by atoms with Crippen LogP contribution in [0.1, 0.15) is 12.5 Å². The molecule has 0 aliphatic carbocycles. The number of H-pyrrole nitrogens is 2. The Kier molecular flexibility index (Phi) is 7.45. The van der Waals surface area contributed by atoms with Gasteiger partial charge in [-0.05, 0) is 85.9 Å². The molecule has 4 heterocycles. The smallest absolute Gasteiger partial charge is 0.135 e. The molecule has 9 heteroatoms. The number of fused-ring (bicyclic) bond motifs is 2. The molecule has 0 aliphatic rings. The van der Waals surface area contributed by atoms with Crippen LogP contribution in [0.2, 0.25) is 0 Å². The van der Waals surface area contributed by atoms with Crippen LogP contribution >= 0.6 is 0 Å². The van der Waals surface area contributed by atoms with Crippen LogP contribution in [-0.2, 0) is 6.54 Å². The van der Waals surface area contributed by atoms with Crippen molar-refractivity contribution in [2.75, 3.05) is 39.0 Å². The van der Waals surface area contributed by atoms with E-state index in [9.17, 15) is 4.39 Å². The number of pyridine rings is 2. The minimum absolute atomic E-state index is 0.276. The average molecular weight is 549 g/mol. The minimum Gasteiger partial charge on any atom is -0.384 e. The van der Waals surface area contributed by atoms with Gasteiger partial charge in [0.15, 0.2) is 0 Å². The molecule has 208 valence electrons. The highest BCUT2D eigenvalue weighted by atomic mass is 19.1. The van der Waals surface area contributed by atoms with Gasteiger partial charge < -0.3 is 20.5 Å². The van der Waals surface area contributed by atoms with Crippen molar-refractivity contribution in [3.63, 3.8) is 0 Å². The molecule has 0 radical (unpaired) electrons. The van der Waals surface area contributed by atoms with Crippen molar-refractivity contribution < 1.29 is 4.39 Å². The number of halogens is 1. The van der Waals surface area contributed by atoms with Crippen LogP contribution in [0.5, 0.6) is 0 Å². The molecule has 6 aromatic rings. The summed E-state index contributed by atoms with van der Waals surface area (Å²) in [6.45, 7) is 5.32. The molecule has 0 atom stereocenters. The zero-order chi connectivity index (χ0) is 28.3. The molecule has 0 bridgehead atoms. The summed E-state index contributed by atoms with van der Waals surface area (Å²) in [5.74, 6) is -0.276. The van der Waals surface area contributed by atoms with Crippen LogP contribution in [0, 0.1) is 5.82 Å². The normalized spacial score (nSPS) is 11.6. The van der Waals surface area contributed by atoms with Crippen molar-refractivity contribution in [1.29, 1.82) is 0 Å². The number of rotatable bonds is 10. The SMILES string of the molecule is CCNCc1cncc(-c2ccc3[nH]nc(-c4cc5c(-c6cc(F)cc(NCCN(C)C)c6)cccc5[nH]4)c3n2)c1. The molecular weight excluding hydrogens is 515 g/mol. The lowest BCUT2D eigenvalue weighted by molar-refractivity contribution is 0.425. The average Bonchev–Trinajstić information content (AvgIpc) is 3.59. The first kappa shape index (κ1) is 26.6. The minimum atomic E-state index is -0.276. The van der Waals surface area contributed by atoms with E-state index in [1.165, 1.54) is 6.07 Å². The molecule has 0 spiro atoms. The third kappa shape index (κ3) is 5.68. The Bertz CT molecular complexity index is 1820. The molecule has 0 aliphatic heterocycles. The molecule has 6 rings (SSSR count). The van der Waals surface area contributed by atoms with Crippen LogP contribution in [0.4, 0.5) is 10.1 Å². The molecule has 0 saturated heterocycles. The molecule has 8 nitrogen and oxygen atoms in total. The first-order valence-corrected chi connectivity index (χ1v) is 13.8. The number of hydrogen-bond donors (Lipinski definition) is 4. The van der Waals surface area contributed by atoms with Gasteiger partial charge in [-0.3, -0.25) is 10.1 Å². The van der Waals surface area contributed by atoms with Crippen molar-refractivity contribution in [3.8, 4) is 33.8 Å². The van der Waals surface area contributed by atoms with Crippen molar-refractivity contribution in [1.82, 2.24) is 35.4 Å². The summed E-state index contributed by atoms with van der Waals surface area (Å²) in [4.78, 5) is 15.0. The van der Waals surface area contributed by atoms with Crippen LogP contribution < -0.4 is 10.6 Å². The maximum Gasteiger partial charge on any atom is 0.135 e. The third-order valence-corrected chi connectivity index (χ3v) is 7.09. The summed E-state index contributed by atoms with van der Waals surface area (Å²) in [6.07, 6.45) is 3.71. The quantitative estimate of drug-likeness (QED) is 0.166. The summed E-state index contributed by atoms with van der Waals surface area (Å²) in [7, 11) is 4.03. The van der Waals surface area contributed by atoms with E-state index in [-0.39, 0.29) is 5.82 Å². The number of anilines is 1. The standard InChI is InChI=1S/C32H33FN8/c1-4-34-17-20-12-22(19-35-18-20)27-8-9-29-31(38-27)32(40-39-29)30-16-26-25(6-5-7-28(26)37-30)21-13-23(33)15-24(14-21)36-10-11-41(2)3/h5-9,12-16,18-19,34,36-37H,4,10-11,17H2,1-3H3,(H,39,40). The van der Waals surface area contributed by atoms with Crippen molar-refractivity contribution in [3.05, 3.63) is 84.4 Å². The van der Waals surface area contributed by atoms with E-state index in [0.717, 1.165) is 93.1 Å². The zero-order valence-corrected chi connectivity index (χ0v) is 23.4. The lowest BCUT2D eigenvalue weighted by atomic mass is 10.0. The highest BCUT2D eigenvalue weighted by Gasteiger charge is 2.16. The van der Waals surface area contributed by atoms with E-state index in [2.05, 4.69) is 54.8 Å². The van der Waals surface area contributed by atoms with E-state index in [1.54, 1.807) is 6.07 Å². The van der Waals surface area contributed by atoms with Crippen LogP contribution in [0.3, 0.4) is 0 Å². The molecule has 4 N–H and O–H groups in total. The zero-order valence-electron chi connectivity index (χ0n) is 23.4. The van der Waals surface area contributed by atoms with Crippen LogP contribution in [0.15, 0.2) is 73.1 Å². The Morgan fingerprint density at radius 2 is 1.85 bits per heavy atom. The van der Waals surface area contributed by atoms with Gasteiger partial charge in [0, 0.05) is 54.2 Å². The Labute approximate surface area is 238 Å². The molecule has 0 saturated carbocycles. The molecule has 41 heavy (non-hydrogen) atoms. The Hall–Kier alpha value is -4.60. The van der Waals surface area contributed by atoms with E-state index >= 15 is 0 Å². The fourth-order valence-corrected chi connectivity index (χ4v) is 5.05. The Balaban J connectivity index is 1.37. The molecule has 0 fully saturated rings. The lowest BCUT2D eigenvalue weighted by Gasteiger charge is -2.13. The second-order valence-electron chi connectivity index (χ2n) is 10.4. The fraction of sp³-hybridized carbons (Fsp3) is 0.219. The van der Waals surface area contributed by atoms with Gasteiger partial charge in [-0.15, -0.1) is 0 Å². The van der Waals surface area contributed by atoms with E-state index < -0.39 is 0 Å². The maximum atomic E-state index is 14.7. The Morgan fingerprint density at radius 3 is 2.71 bits per heavy atom. The Morgan fingerprint density at radius 1 is 0.951 bits per heavy atom. The first-order valence-electron chi connectivity index (χ1n) is 13.8. The molecule has 4 aromatic heterocycles. The maximum absolute atomic E-state index is 14.7. The fourth-order valence-electron chi connectivity index (χ4n) is 5.05. The van der Waals surface area contributed by atoms with Crippen molar-refractivity contribution in [2.24, 2.45) is 0 Å². The summed E-state index contributed by atoms with van der Waals surface area (Å²) in [6, 6.07) is 19.3. The number of nitrogens with zero attached hydrogens (tertiary/aromatic N) is 4. The van der Waals surface area contributed by atoms with Gasteiger partial charge >= 0.3 is 0 Å². The van der Waals surface area contributed by atoms with E-state index in [4.69, 9.17) is 4.98 Å². The van der Waals surface area contributed by atoms with Gasteiger partial charge in [-0.1, -0.05) is 19.1 Å². The van der Waals surface area contributed by atoms with Gasteiger partial charge in [0.1, 0.15) is 17.0 Å². The van der Waals surface area contributed by atoms with Gasteiger partial charge in [0.2, 0.25) is 0 Å². The predicted octanol–water partition coefficient (Wildman–Crippen LogP) is 6.06. The topological polar surface area (TPSA) is 97.5 Å². The monoisotopic (exact) mass is 548 g/mol. The second-order valence-corrected chi connectivity index (χ2v) is 10.4. The number of likely N-dealkylation sites (N-methyl/N-ethyl adjacent to an activating group) is 1. The highest BCUT2D eigenvalue weighted by molar-refractivity contribution is 6.00. The molecular formula is C32H33FN8. The van der Waals surface area contributed by atoms with Crippen LogP contribution in [-0.4, -0.2) is 63.8 Å². The van der Waals surface area contributed by atoms with Gasteiger partial charge in [0.05, 0.1) is 16.9 Å². The number of benzene rings is 2. The number of nitrogens with one attached hydrogen (secondary N) is 4. The number of hydrogen-bond acceptors (Lipinski definition) is 6. The van der Waals surface area contributed by atoms with E-state index in [1.807, 2.05) is 62.9 Å². The summed E-state index contributed by atoms with van der Waals surface area (Å²) < 4.78 is 14.7. The molecule has 0 amide bonds. The summed E-state index contributed by atoms with van der Waals surface area (Å²) in [5.41, 5.74) is 9.52. The van der Waals surface area contributed by atoms with Gasteiger partial charge in [0.25, 0.3) is 0 Å². The summed E-state index contributed by atoms with van der Waals surface area (Å²) >= 11 is 0. The molecule has 0 unspecified atom stereocenters. The lowest BCUT2D eigenvalue weighted by Crippen LogP contribution is -2.20. The number of aromatic amines is 2. The van der Waals surface area contributed by atoms with Gasteiger partial charge in [-0.25, -0.2) is 9.37 Å². The molecule has 2 aromatic carbocycles. The van der Waals surface area contributed by atoms with E-state index in [0.29, 0.717) is 0 Å². The highest BCUT2D eigenvalue weighted by Crippen LogP contribution is 2.35. The van der Waals surface area contributed by atoms with Crippen molar-refractivity contribution in [2.45, 2.75) is 13.5 Å². The largest absolute Gasteiger partial charge is 0.384 e. The van der Waals surface area contributed by atoms with Crippen molar-refractivity contribution >= 4 is 27.6 Å². The van der Waals surface area contributed by atoms with Gasteiger partial charge in [-0.2, -0.15) is 5.10 Å². The predicted molar refractivity (Wildman–Crippen MR) is 164 cm³/mol. The third-order valence-electron chi connectivity index (χ3n) is 7.09. The summed E-state index contributed by atoms with van der Waals surface area (Å²) in [5, 5.41) is 15.4. The van der Waals surface area contributed by atoms with Crippen LogP contribution in [0.25, 0.3) is 55.7 Å².